The van der Waals surface area contributed by atoms with E-state index in [9.17, 15) is 4.79 Å². The first-order chi connectivity index (χ1) is 13.1. The molecular weight excluding hydrogens is 344 g/mol. The van der Waals surface area contributed by atoms with Crippen molar-refractivity contribution in [3.05, 3.63) is 17.7 Å². The summed E-state index contributed by atoms with van der Waals surface area (Å²) in [6, 6.07) is 4.16. The number of benzene rings is 1. The minimum atomic E-state index is 0.0194. The zero-order chi connectivity index (χ0) is 19.4. The van der Waals surface area contributed by atoms with E-state index < -0.39 is 0 Å². The Hall–Kier alpha value is -1.95. The predicted molar refractivity (Wildman–Crippen MR) is 105 cm³/mol. The van der Waals surface area contributed by atoms with E-state index in [1.807, 2.05) is 4.90 Å². The van der Waals surface area contributed by atoms with Crippen LogP contribution in [0.1, 0.15) is 43.0 Å². The Morgan fingerprint density at radius 3 is 2.11 bits per heavy atom. The van der Waals surface area contributed by atoms with Crippen LogP contribution in [-0.4, -0.2) is 69.3 Å². The van der Waals surface area contributed by atoms with E-state index in [1.54, 1.807) is 33.5 Å². The molecule has 2 fully saturated rings. The Balaban J connectivity index is 1.67. The molecule has 1 aliphatic heterocycles. The third-order valence-electron chi connectivity index (χ3n) is 5.94. The molecule has 0 unspecified atom stereocenters. The molecule has 1 heterocycles. The number of carbonyl (C=O) groups is 1. The Bertz CT molecular complexity index is 631. The SMILES string of the molecule is COc1cc(C(=O)N2CCN([C@H]3CCC[C@@H](C)C3)CC2)cc(OC)c1OC. The third kappa shape index (κ3) is 4.32. The van der Waals surface area contributed by atoms with Crippen LogP contribution in [0.5, 0.6) is 17.2 Å². The average molecular weight is 376 g/mol. The molecule has 3 rings (SSSR count). The fourth-order valence-corrected chi connectivity index (χ4v) is 4.41. The van der Waals surface area contributed by atoms with E-state index in [1.165, 1.54) is 25.7 Å². The first kappa shape index (κ1) is 19.8. The first-order valence-electron chi connectivity index (χ1n) is 9.90. The summed E-state index contributed by atoms with van der Waals surface area (Å²) < 4.78 is 16.1. The second kappa shape index (κ2) is 8.83. The van der Waals surface area contributed by atoms with Gasteiger partial charge in [0.2, 0.25) is 5.75 Å². The molecule has 2 atom stereocenters. The number of rotatable bonds is 5. The Morgan fingerprint density at radius 2 is 1.59 bits per heavy atom. The smallest absolute Gasteiger partial charge is 0.254 e. The van der Waals surface area contributed by atoms with Crippen molar-refractivity contribution >= 4 is 5.91 Å². The number of piperazine rings is 1. The molecule has 6 heteroatoms. The van der Waals surface area contributed by atoms with Crippen LogP contribution in [0.15, 0.2) is 12.1 Å². The summed E-state index contributed by atoms with van der Waals surface area (Å²) in [6.07, 6.45) is 5.28. The standard InChI is InChI=1S/C21H32N2O4/c1-15-6-5-7-17(12-15)22-8-10-23(11-9-22)21(24)16-13-18(25-2)20(27-4)19(14-16)26-3/h13-15,17H,5-12H2,1-4H3/t15-,17+/m1/s1. The lowest BCUT2D eigenvalue weighted by Crippen LogP contribution is -2.52. The molecule has 0 N–H and O–H groups in total. The summed E-state index contributed by atoms with van der Waals surface area (Å²) in [6.45, 7) is 5.79. The zero-order valence-electron chi connectivity index (χ0n) is 17.0. The van der Waals surface area contributed by atoms with E-state index in [0.717, 1.165) is 32.1 Å². The lowest BCUT2D eigenvalue weighted by Gasteiger charge is -2.42. The molecule has 1 saturated heterocycles. The van der Waals surface area contributed by atoms with Gasteiger partial charge >= 0.3 is 0 Å². The van der Waals surface area contributed by atoms with Crippen molar-refractivity contribution in [3.8, 4) is 17.2 Å². The lowest BCUT2D eigenvalue weighted by molar-refractivity contribution is 0.0488. The van der Waals surface area contributed by atoms with E-state index in [-0.39, 0.29) is 5.91 Å². The van der Waals surface area contributed by atoms with Crippen LogP contribution in [0, 0.1) is 5.92 Å². The van der Waals surface area contributed by atoms with Gasteiger partial charge in [0.05, 0.1) is 21.3 Å². The van der Waals surface area contributed by atoms with Crippen molar-refractivity contribution in [1.29, 1.82) is 0 Å². The third-order valence-corrected chi connectivity index (χ3v) is 5.94. The molecule has 0 aromatic heterocycles. The number of ether oxygens (including phenoxy) is 3. The summed E-state index contributed by atoms with van der Waals surface area (Å²) in [7, 11) is 4.69. The highest BCUT2D eigenvalue weighted by Crippen LogP contribution is 2.38. The molecule has 0 radical (unpaired) electrons. The predicted octanol–water partition coefficient (Wildman–Crippen LogP) is 3.05. The Labute approximate surface area is 162 Å². The highest BCUT2D eigenvalue weighted by molar-refractivity contribution is 5.95. The van der Waals surface area contributed by atoms with Crippen molar-refractivity contribution in [2.75, 3.05) is 47.5 Å². The van der Waals surface area contributed by atoms with Crippen molar-refractivity contribution in [2.24, 2.45) is 5.92 Å². The number of amides is 1. The second-order valence-electron chi connectivity index (χ2n) is 7.67. The number of hydrogen-bond donors (Lipinski definition) is 0. The lowest BCUT2D eigenvalue weighted by atomic mass is 9.86. The van der Waals surface area contributed by atoms with Gasteiger partial charge in [0.15, 0.2) is 11.5 Å². The van der Waals surface area contributed by atoms with Gasteiger partial charge in [-0.15, -0.1) is 0 Å². The van der Waals surface area contributed by atoms with E-state index in [4.69, 9.17) is 14.2 Å². The fraction of sp³-hybridized carbons (Fsp3) is 0.667. The molecule has 0 spiro atoms. The normalized spacial score (nSPS) is 23.8. The molecular formula is C21H32N2O4. The second-order valence-corrected chi connectivity index (χ2v) is 7.67. The van der Waals surface area contributed by atoms with Gasteiger partial charge < -0.3 is 19.1 Å². The number of carbonyl (C=O) groups excluding carboxylic acids is 1. The monoisotopic (exact) mass is 376 g/mol. The Kier molecular flexibility index (Phi) is 6.47. The maximum Gasteiger partial charge on any atom is 0.254 e. The van der Waals surface area contributed by atoms with Gasteiger partial charge in [0, 0.05) is 37.8 Å². The van der Waals surface area contributed by atoms with Crippen LogP contribution in [0.4, 0.5) is 0 Å². The van der Waals surface area contributed by atoms with Crippen molar-refractivity contribution in [1.82, 2.24) is 9.80 Å². The minimum Gasteiger partial charge on any atom is -0.493 e. The van der Waals surface area contributed by atoms with Gasteiger partial charge in [-0.1, -0.05) is 19.8 Å². The van der Waals surface area contributed by atoms with Gasteiger partial charge in [-0.3, -0.25) is 9.69 Å². The number of nitrogens with zero attached hydrogens (tertiary/aromatic N) is 2. The summed E-state index contributed by atoms with van der Waals surface area (Å²) in [5, 5.41) is 0. The summed E-state index contributed by atoms with van der Waals surface area (Å²) in [5.74, 6) is 2.37. The van der Waals surface area contributed by atoms with Crippen LogP contribution in [0.2, 0.25) is 0 Å². The van der Waals surface area contributed by atoms with E-state index in [0.29, 0.717) is 28.9 Å². The van der Waals surface area contributed by atoms with Crippen molar-refractivity contribution < 1.29 is 19.0 Å². The molecule has 6 nitrogen and oxygen atoms in total. The summed E-state index contributed by atoms with van der Waals surface area (Å²) >= 11 is 0. The molecule has 1 aromatic carbocycles. The Morgan fingerprint density at radius 1 is 0.963 bits per heavy atom. The summed E-state index contributed by atoms with van der Waals surface area (Å²) in [4.78, 5) is 17.5. The molecule has 150 valence electrons. The zero-order valence-corrected chi connectivity index (χ0v) is 17.0. The van der Waals surface area contributed by atoms with E-state index in [2.05, 4.69) is 11.8 Å². The van der Waals surface area contributed by atoms with Gasteiger partial charge in [-0.25, -0.2) is 0 Å². The largest absolute Gasteiger partial charge is 0.493 e. The van der Waals surface area contributed by atoms with Crippen LogP contribution in [0.25, 0.3) is 0 Å². The molecule has 27 heavy (non-hydrogen) atoms. The quantitative estimate of drug-likeness (QED) is 0.791. The van der Waals surface area contributed by atoms with Gasteiger partial charge in [0.25, 0.3) is 5.91 Å². The van der Waals surface area contributed by atoms with Gasteiger partial charge in [-0.2, -0.15) is 0 Å². The van der Waals surface area contributed by atoms with Gasteiger partial charge in [-0.05, 0) is 30.9 Å². The summed E-state index contributed by atoms with van der Waals surface area (Å²) in [5.41, 5.74) is 0.573. The molecule has 1 amide bonds. The van der Waals surface area contributed by atoms with Crippen LogP contribution < -0.4 is 14.2 Å². The van der Waals surface area contributed by atoms with Crippen molar-refractivity contribution in [3.63, 3.8) is 0 Å². The maximum absolute atomic E-state index is 13.0. The van der Waals surface area contributed by atoms with Gasteiger partial charge in [0.1, 0.15) is 0 Å². The number of methoxy groups -OCH3 is 3. The maximum atomic E-state index is 13.0. The van der Waals surface area contributed by atoms with E-state index >= 15 is 0 Å². The molecule has 2 aliphatic rings. The average Bonchev–Trinajstić information content (AvgIpc) is 2.72. The molecule has 1 saturated carbocycles. The van der Waals surface area contributed by atoms with Crippen molar-refractivity contribution in [2.45, 2.75) is 38.6 Å². The van der Waals surface area contributed by atoms with Crippen LogP contribution >= 0.6 is 0 Å². The fourth-order valence-electron chi connectivity index (χ4n) is 4.41. The number of hydrogen-bond acceptors (Lipinski definition) is 5. The van der Waals surface area contributed by atoms with Crippen LogP contribution in [0.3, 0.4) is 0 Å². The topological polar surface area (TPSA) is 51.2 Å². The van der Waals surface area contributed by atoms with Crippen LogP contribution in [-0.2, 0) is 0 Å². The molecule has 0 bridgehead atoms. The molecule has 1 aliphatic carbocycles. The highest BCUT2D eigenvalue weighted by Gasteiger charge is 2.30. The highest BCUT2D eigenvalue weighted by atomic mass is 16.5. The minimum absolute atomic E-state index is 0.0194. The first-order valence-corrected chi connectivity index (χ1v) is 9.90. The molecule has 1 aromatic rings.